The number of nitrogens with zero attached hydrogens (tertiary/aromatic N) is 8. The quantitative estimate of drug-likeness (QED) is 0.0134. The Morgan fingerprint density at radius 2 is 0.662 bits per heavy atom. The number of benzene rings is 10. The van der Waals surface area contributed by atoms with Gasteiger partial charge in [-0.1, -0.05) is 72.8 Å². The van der Waals surface area contributed by atoms with Crippen molar-refractivity contribution < 1.29 is 369 Å². The van der Waals surface area contributed by atoms with E-state index < -0.39 is 269 Å². The average molecular weight is 2160 g/mol. The van der Waals surface area contributed by atoms with Crippen LogP contribution in [0, 0.1) is 0 Å². The van der Waals surface area contributed by atoms with Gasteiger partial charge in [-0.3, -0.25) is 48.7 Å². The Morgan fingerprint density at radius 3 is 0.972 bits per heavy atom. The number of rotatable bonds is 25. The summed E-state index contributed by atoms with van der Waals surface area (Å²) in [5.41, 5.74) is -14.1. The molecule has 62 heteroatoms. The van der Waals surface area contributed by atoms with E-state index in [2.05, 4.69) is 60.5 Å². The summed E-state index contributed by atoms with van der Waals surface area (Å²) in [4.78, 5) is 115. The van der Waals surface area contributed by atoms with Crippen LogP contribution in [-0.2, 0) is 95.0 Å². The summed E-state index contributed by atoms with van der Waals surface area (Å²) in [5, 5.41) is 4.84. The van der Waals surface area contributed by atoms with E-state index in [1.165, 1.54) is 74.8 Å². The number of ketones is 4. The summed E-state index contributed by atoms with van der Waals surface area (Å²) in [6.45, 7) is -1.28. The number of carbonyl (C=O) groups excluding carboxylic acids is 4. The van der Waals surface area contributed by atoms with Crippen molar-refractivity contribution in [2.75, 3.05) is 23.7 Å². The third kappa shape index (κ3) is 25.1. The fourth-order valence-corrected chi connectivity index (χ4v) is 19.3. The maximum absolute atomic E-state index is 15.0. The molecule has 0 fully saturated rings. The van der Waals surface area contributed by atoms with Crippen LogP contribution in [0.5, 0.6) is 23.5 Å². The molecule has 0 spiro atoms. The Bertz CT molecular complexity index is 8640. The van der Waals surface area contributed by atoms with E-state index in [9.17, 15) is 123 Å². The van der Waals surface area contributed by atoms with E-state index in [1.807, 2.05) is 0 Å². The Hall–Kier alpha value is -7.00. The number of carbonyl (C=O) groups is 4. The topological polar surface area (TPSA) is 751 Å². The molecule has 0 amide bonds. The Labute approximate surface area is 978 Å². The van der Waals surface area contributed by atoms with Crippen LogP contribution in [0.15, 0.2) is 263 Å². The van der Waals surface area contributed by atoms with Crippen LogP contribution in [0.2, 0.25) is 0 Å². The molecular formula is C80H48N14Na8O32S8. The fraction of sp³-hybridized carbons (Fsp3) is 0.0500. The molecular weight excluding hydrogens is 2110 g/mol. The van der Waals surface area contributed by atoms with Crippen molar-refractivity contribution in [2.24, 2.45) is 34.1 Å². The van der Waals surface area contributed by atoms with Gasteiger partial charge < -0.3 is 65.7 Å². The number of ether oxygens (including phenoxy) is 2. The molecule has 4 heterocycles. The Morgan fingerprint density at radius 1 is 0.345 bits per heavy atom. The molecule has 10 aromatic carbocycles. The standard InChI is InChI=1S/C80H56N14O32S8.8Na/c1-93-55-27-25-49(63-65(55)61(45-13-3-5-15-47(45)71(63)97)67(73(93)99)69(95)37-9-7-11-43(31-37)129(107,108)109)83-51-33-53(59(133(119,120)121)35-57(51)131(113,114)115)85-77-87-75(89-79(91-77)125-39-17-21-41(22-18-39)127(101,102)103)81-29-30-82-76-88-78(92-80(90-76)126-40-19-23-42(24-20-40)128(104,105)106)86-54-34-52(58(132(116,117)118)36-60(54)134(122,123)124)84-50-26-28-56-66-62(46-14-4-6-16-48(46)72(98)64(50)66)68(74(100)94(56)2)70(96)38-10-8-12-44(32-38)130(110,111)112;;;;;;;;/h3-28,31-36,83-84H,29-30H2,1-2H3,(H,101,102,103)(H,104,105,106)(H,107,108,109)(H,110,111,112)(H,113,114,115)(H,116,117,118)(H,119,120,121)(H,122,123,124)(H2,81,85,87,89,91)(H2,82,86,88,90,92);;;;;;;;/q;8*+1/p-8. The normalized spacial score (nSPS) is 12.8. The van der Waals surface area contributed by atoms with E-state index in [0.717, 1.165) is 118 Å². The van der Waals surface area contributed by atoms with Crippen molar-refractivity contribution in [3.05, 3.63) is 282 Å². The second kappa shape index (κ2) is 46.0. The van der Waals surface area contributed by atoms with Crippen LogP contribution in [0.4, 0.5) is 34.1 Å². The van der Waals surface area contributed by atoms with Crippen LogP contribution >= 0.6 is 0 Å². The molecule has 2 aliphatic carbocycles. The third-order valence-corrected chi connectivity index (χ3v) is 27.3. The minimum atomic E-state index is -6.01. The van der Waals surface area contributed by atoms with Gasteiger partial charge in [-0.15, -0.1) is 0 Å². The molecule has 0 atom stereocenters. The molecule has 6 N–H and O–H groups in total. The summed E-state index contributed by atoms with van der Waals surface area (Å²) < 4.78 is 319. The van der Waals surface area contributed by atoms with Crippen LogP contribution < -0.4 is 290 Å². The molecule has 142 heavy (non-hydrogen) atoms. The number of pyridine rings is 2. The van der Waals surface area contributed by atoms with E-state index in [0.29, 0.717) is 12.1 Å². The Kier molecular flexibility index (Phi) is 38.9. The van der Waals surface area contributed by atoms with Crippen molar-refractivity contribution in [3.63, 3.8) is 0 Å². The van der Waals surface area contributed by atoms with Crippen molar-refractivity contribution in [1.29, 1.82) is 0 Å². The van der Waals surface area contributed by atoms with Gasteiger partial charge in [-0.05, 0) is 132 Å². The zero-order chi connectivity index (χ0) is 96.5. The molecule has 4 aromatic heterocycles. The maximum Gasteiger partial charge on any atom is 1.00 e. The molecule has 686 valence electrons. The average Bonchev–Trinajstić information content (AvgIpc) is 0.707. The van der Waals surface area contributed by atoms with E-state index >= 15 is 9.59 Å². The van der Waals surface area contributed by atoms with Gasteiger partial charge in [0.25, 0.3) is 11.1 Å². The first-order chi connectivity index (χ1) is 62.8. The minimum absolute atomic E-state index is 0. The molecule has 16 rings (SSSR count). The summed E-state index contributed by atoms with van der Waals surface area (Å²) >= 11 is 0. The van der Waals surface area contributed by atoms with E-state index in [1.54, 1.807) is 0 Å². The first-order valence-electron chi connectivity index (χ1n) is 37.4. The zero-order valence-electron chi connectivity index (χ0n) is 74.8. The van der Waals surface area contributed by atoms with Crippen LogP contribution in [0.1, 0.15) is 63.7 Å². The molecule has 0 bridgehead atoms. The predicted molar refractivity (Wildman–Crippen MR) is 449 cm³/mol. The first-order valence-corrected chi connectivity index (χ1v) is 48.7. The molecule has 0 saturated heterocycles. The van der Waals surface area contributed by atoms with Crippen molar-refractivity contribution >= 4 is 160 Å². The maximum atomic E-state index is 15.0. The number of aryl methyl sites for hydroxylation is 2. The van der Waals surface area contributed by atoms with Gasteiger partial charge in [0.15, 0.2) is 23.1 Å². The largest absolute Gasteiger partial charge is 1.00 e. The van der Waals surface area contributed by atoms with Crippen molar-refractivity contribution in [1.82, 2.24) is 39.0 Å². The van der Waals surface area contributed by atoms with E-state index in [4.69, 9.17) is 9.47 Å². The molecule has 0 unspecified atom stereocenters. The molecule has 0 saturated carbocycles. The van der Waals surface area contributed by atoms with Gasteiger partial charge in [0.2, 0.25) is 22.5 Å². The van der Waals surface area contributed by atoms with Gasteiger partial charge >= 0.3 is 248 Å². The Balaban J connectivity index is 0.00000308. The number of hydrogen-bond donors (Lipinski definition) is 6. The van der Waals surface area contributed by atoms with Crippen LogP contribution in [-0.4, -0.2) is 179 Å². The van der Waals surface area contributed by atoms with Crippen LogP contribution in [0.3, 0.4) is 0 Å². The van der Waals surface area contributed by atoms with Crippen molar-refractivity contribution in [3.8, 4) is 45.8 Å². The number of H-pyrrole nitrogens is 4. The summed E-state index contributed by atoms with van der Waals surface area (Å²) in [5.74, 6) is -4.74. The van der Waals surface area contributed by atoms with Crippen molar-refractivity contribution in [2.45, 2.75) is 39.2 Å². The molecule has 14 aromatic rings. The minimum Gasteiger partial charge on any atom is -0.744 e. The fourth-order valence-electron chi connectivity index (χ4n) is 14.7. The molecule has 2 aliphatic rings. The van der Waals surface area contributed by atoms with Gasteiger partial charge in [0.1, 0.15) is 92.4 Å². The van der Waals surface area contributed by atoms with Gasteiger partial charge in [0.05, 0.1) is 120 Å². The summed E-state index contributed by atoms with van der Waals surface area (Å²) in [6.07, 6.45) is 0. The molecule has 46 nitrogen and oxygen atoms in total. The molecule has 0 aliphatic heterocycles. The summed E-state index contributed by atoms with van der Waals surface area (Å²) in [7, 11) is -42.2. The smallest absolute Gasteiger partial charge is 0.744 e. The number of hydrogen-bond acceptors (Lipinski definition) is 40. The number of aromatic nitrogens is 8. The second-order valence-electron chi connectivity index (χ2n) is 28.8. The summed E-state index contributed by atoms with van der Waals surface area (Å²) in [6, 6.07) is 29.9. The SMILES string of the molecule is Cn1c(=O)c(C(=O)c2cccc(S(=O)(=O)[O-])c2)c2c3c(c(Nc4cc(N=c5[nH]c(Oc6ccc(S(=O)(=O)[O-])cc6)nc(=NCCN=c6nc(Oc7ccc(S(=O)(=O)[O-])cc7)[nH]c(=Nc7cc(Nc8ccc9c%10c8C(=O)c8ccccc8-c%10c(C(=O)c8cccc(S(=O)(=O)[O-])c8)c(=O)n9C)c(S(=O)(=O)[O-])cc7S(=O)(=O)[O-])[nH]6)[nH]5)c(S(=O)(=O)[O-])cc4S(=O)(=O)[O-])ccc31)C(=O)c1ccccc1-2.[Na+].[Na+].[Na+].[Na+].[Na+].[Na+].[Na+].[Na+]. The molecule has 0 radical (unpaired) electrons. The van der Waals surface area contributed by atoms with Gasteiger partial charge in [0, 0.05) is 58.2 Å². The zero-order valence-corrected chi connectivity index (χ0v) is 97.3. The number of aromatic amines is 4. The van der Waals surface area contributed by atoms with Gasteiger partial charge in [-0.25, -0.2) is 87.3 Å². The number of nitrogens with one attached hydrogen (secondary N) is 6. The number of fused-ring (bicyclic) bond motifs is 4. The second-order valence-corrected chi connectivity index (χ2v) is 39.7. The third-order valence-electron chi connectivity index (χ3n) is 20.5. The monoisotopic (exact) mass is 2160 g/mol. The number of anilines is 4. The van der Waals surface area contributed by atoms with E-state index in [-0.39, 0.29) is 315 Å². The first kappa shape index (κ1) is 120. The van der Waals surface area contributed by atoms with Crippen LogP contribution in [0.25, 0.3) is 44.1 Å². The predicted octanol–water partition coefficient (Wildman–Crippen LogP) is -20.3. The van der Waals surface area contributed by atoms with Gasteiger partial charge in [-0.2, -0.15) is 9.97 Å².